The van der Waals surface area contributed by atoms with Crippen LogP contribution in [0.5, 0.6) is 0 Å². The molecule has 0 saturated carbocycles. The van der Waals surface area contributed by atoms with Gasteiger partial charge in [0.05, 0.1) is 0 Å². The largest absolute Gasteiger partial charge is 0.442 e. The summed E-state index contributed by atoms with van der Waals surface area (Å²) in [5.74, 6) is -2.13. The Labute approximate surface area is 91.1 Å². The molecule has 0 aliphatic carbocycles. The van der Waals surface area contributed by atoms with Gasteiger partial charge in [-0.1, -0.05) is 0 Å². The second-order valence-electron chi connectivity index (χ2n) is 4.02. The van der Waals surface area contributed by atoms with Crippen LogP contribution in [0.15, 0.2) is 0 Å². The van der Waals surface area contributed by atoms with Gasteiger partial charge in [-0.2, -0.15) is 0 Å². The van der Waals surface area contributed by atoms with Gasteiger partial charge in [0.15, 0.2) is 12.1 Å². The molecule has 6 N–H and O–H groups in total. The summed E-state index contributed by atoms with van der Waals surface area (Å²) < 4.78 is 2.07. The van der Waals surface area contributed by atoms with E-state index >= 15 is 0 Å². The maximum absolute atomic E-state index is 10.9. The third-order valence-electron chi connectivity index (χ3n) is 2.89. The highest BCUT2D eigenvalue weighted by atomic mass is 17.1. The molecule has 8 nitrogen and oxygen atoms in total. The molecule has 0 unspecified atom stereocenters. The first-order valence-corrected chi connectivity index (χ1v) is 4.89. The van der Waals surface area contributed by atoms with E-state index in [9.17, 15) is 20.1 Å². The van der Waals surface area contributed by atoms with Crippen LogP contribution in [0, 0.1) is 0 Å². The number of nitrogens with one attached hydrogen (secondary N) is 2. The molecule has 0 spiro atoms. The number of hydrogen-bond acceptors (Lipinski definition) is 6. The molecule has 0 bridgehead atoms. The van der Waals surface area contributed by atoms with Crippen LogP contribution in [0.4, 0.5) is 0 Å². The zero-order valence-electron chi connectivity index (χ0n) is 8.62. The van der Waals surface area contributed by atoms with Crippen molar-refractivity contribution in [2.24, 2.45) is 0 Å². The number of amides is 1. The van der Waals surface area contributed by atoms with Crippen LogP contribution < -0.4 is 10.8 Å². The molecule has 5 atom stereocenters. The van der Waals surface area contributed by atoms with E-state index in [1.807, 2.05) is 0 Å². The summed E-state index contributed by atoms with van der Waals surface area (Å²) in [4.78, 5) is 10.9. The van der Waals surface area contributed by atoms with Gasteiger partial charge >= 0.3 is 5.91 Å². The Morgan fingerprint density at radius 1 is 1.50 bits per heavy atom. The predicted molar refractivity (Wildman–Crippen MR) is 49.7 cm³/mol. The van der Waals surface area contributed by atoms with E-state index in [1.165, 1.54) is 6.92 Å². The van der Waals surface area contributed by atoms with Gasteiger partial charge in [0.1, 0.15) is 12.7 Å². The van der Waals surface area contributed by atoms with Crippen molar-refractivity contribution in [3.63, 3.8) is 0 Å². The lowest BCUT2D eigenvalue weighted by atomic mass is 9.96. The Hall–Kier alpha value is -0.770. The minimum Gasteiger partial charge on any atom is -0.388 e. The molecule has 2 rings (SSSR count). The van der Waals surface area contributed by atoms with Gasteiger partial charge in [-0.3, -0.25) is 9.26 Å². The van der Waals surface area contributed by atoms with Crippen LogP contribution in [-0.4, -0.2) is 63.2 Å². The van der Waals surface area contributed by atoms with Crippen molar-refractivity contribution in [2.75, 3.05) is 6.61 Å². The molecule has 0 aromatic heterocycles. The van der Waals surface area contributed by atoms with Crippen LogP contribution in [0.1, 0.15) is 6.92 Å². The average molecular weight is 235 g/mol. The van der Waals surface area contributed by atoms with Crippen LogP contribution in [0.2, 0.25) is 0 Å². The fraction of sp³-hybridized carbons (Fsp3) is 0.875. The van der Waals surface area contributed by atoms with Gasteiger partial charge in [0, 0.05) is 12.4 Å². The summed E-state index contributed by atoms with van der Waals surface area (Å²) in [6, 6.07) is -1.08. The van der Waals surface area contributed by atoms with Crippen LogP contribution in [0.25, 0.3) is 0 Å². The van der Waals surface area contributed by atoms with Crippen molar-refractivity contribution in [1.29, 1.82) is 0 Å². The molecule has 16 heavy (non-hydrogen) atoms. The monoisotopic (exact) mass is 235 g/mol. The molecule has 1 amide bonds. The van der Waals surface area contributed by atoms with E-state index in [2.05, 4.69) is 15.3 Å². The molecule has 2 aliphatic heterocycles. The molecular weight excluding hydrogens is 220 g/mol. The highest BCUT2D eigenvalue weighted by Crippen LogP contribution is 2.42. The van der Waals surface area contributed by atoms with Gasteiger partial charge in [0.25, 0.3) is 0 Å². The third-order valence-corrected chi connectivity index (χ3v) is 2.89. The zero-order valence-corrected chi connectivity index (χ0v) is 8.62. The van der Waals surface area contributed by atoms with Crippen molar-refractivity contribution in [2.45, 2.75) is 37.2 Å². The fourth-order valence-corrected chi connectivity index (χ4v) is 2.02. The Morgan fingerprint density at radius 3 is 2.62 bits per heavy atom. The summed E-state index contributed by atoms with van der Waals surface area (Å²) in [6.45, 7) is 0.781. The van der Waals surface area contributed by atoms with Gasteiger partial charge in [-0.15, -0.1) is 0 Å². The first-order valence-electron chi connectivity index (χ1n) is 4.89. The number of rotatable bonds is 2. The molecule has 2 saturated heterocycles. The van der Waals surface area contributed by atoms with Crippen LogP contribution in [-0.2, 0) is 9.26 Å². The number of hydroxylamine groups is 1. The maximum atomic E-state index is 10.9. The molecule has 92 valence electrons. The van der Waals surface area contributed by atoms with E-state index in [0.29, 0.717) is 0 Å². The van der Waals surface area contributed by atoms with Gasteiger partial charge in [-0.05, 0) is 0 Å². The van der Waals surface area contributed by atoms with Crippen molar-refractivity contribution in [3.05, 3.63) is 0 Å². The molecule has 2 heterocycles. The quantitative estimate of drug-likeness (QED) is 0.215. The zero-order chi connectivity index (χ0) is 12.1. The SMILES string of the molecule is CC(=O)N[C@@H]1[C@@H](O)[C@H](O)[C@@H](CO)[O+]2N[C@@]12O. The van der Waals surface area contributed by atoms with E-state index < -0.39 is 42.8 Å². The Morgan fingerprint density at radius 2 is 2.12 bits per heavy atom. The maximum Gasteiger partial charge on any atom is 0.442 e. The topological polar surface area (TPSA) is 135 Å². The van der Waals surface area contributed by atoms with Gasteiger partial charge in [0.2, 0.25) is 12.0 Å². The molecule has 2 fully saturated rings. The molecule has 0 aromatic carbocycles. The second kappa shape index (κ2) is 3.62. The number of carbonyl (C=O) groups excluding carboxylic acids is 1. The molecule has 0 radical (unpaired) electrons. The third kappa shape index (κ3) is 1.51. The predicted octanol–water partition coefficient (Wildman–Crippen LogP) is -3.70. The van der Waals surface area contributed by atoms with Gasteiger partial charge < -0.3 is 25.7 Å². The highest BCUT2D eigenvalue weighted by Gasteiger charge is 2.78. The molecule has 8 heteroatoms. The average Bonchev–Trinajstić information content (AvgIpc) is 2.87. The first-order chi connectivity index (χ1) is 7.41. The van der Waals surface area contributed by atoms with E-state index in [1.54, 1.807) is 0 Å². The van der Waals surface area contributed by atoms with Crippen molar-refractivity contribution < 1.29 is 29.7 Å². The summed E-state index contributed by atoms with van der Waals surface area (Å²) in [6.07, 6.45) is -3.54. The Kier molecular flexibility index (Phi) is 2.65. The second-order valence-corrected chi connectivity index (χ2v) is 4.02. The van der Waals surface area contributed by atoms with Crippen molar-refractivity contribution in [1.82, 2.24) is 10.8 Å². The normalized spacial score (nSPS) is 47.3. The summed E-state index contributed by atoms with van der Waals surface area (Å²) in [7, 11) is 0. The first kappa shape index (κ1) is 11.7. The number of hydrogen-bond donors (Lipinski definition) is 6. The van der Waals surface area contributed by atoms with Crippen LogP contribution >= 0.6 is 0 Å². The standard InChI is InChI=1S/C8H14N2O6/c1-3(12)9-7-6(14)5(13)4(2-11)16-8(7,15)10-16/h4-7,10-11,13-15H,2H2,1H3/p+1/t4-,5-,6+,7-,8-/m1/s1. The summed E-state index contributed by atoms with van der Waals surface area (Å²) >= 11 is 0. The van der Waals surface area contributed by atoms with Crippen molar-refractivity contribution >= 4 is 5.91 Å². The smallest absolute Gasteiger partial charge is 0.388 e. The minimum absolute atomic E-state index is 0.443. The highest BCUT2D eigenvalue weighted by molar-refractivity contribution is 5.73. The number of aliphatic hydroxyl groups is 4. The molecular formula is C8H15N2O6+. The lowest BCUT2D eigenvalue weighted by Crippen LogP contribution is -2.64. The van der Waals surface area contributed by atoms with E-state index in [0.717, 1.165) is 0 Å². The van der Waals surface area contributed by atoms with Crippen molar-refractivity contribution in [3.8, 4) is 0 Å². The Balaban J connectivity index is 2.19. The number of fused-ring (bicyclic) bond motifs is 1. The number of aliphatic hydroxyl groups excluding tert-OH is 3. The molecule has 0 aromatic rings. The minimum atomic E-state index is -1.68. The van der Waals surface area contributed by atoms with Crippen LogP contribution in [0.3, 0.4) is 0 Å². The summed E-state index contributed by atoms with van der Waals surface area (Å²) in [5.41, 5.74) is 2.44. The van der Waals surface area contributed by atoms with E-state index in [-0.39, 0.29) is 0 Å². The number of carbonyl (C=O) groups is 1. The van der Waals surface area contributed by atoms with E-state index in [4.69, 9.17) is 5.11 Å². The lowest BCUT2D eigenvalue weighted by Gasteiger charge is -2.32. The summed E-state index contributed by atoms with van der Waals surface area (Å²) in [5, 5.41) is 40.6. The Bertz CT molecular complexity index is 311. The van der Waals surface area contributed by atoms with Gasteiger partial charge in [-0.25, -0.2) is 0 Å². The fourth-order valence-electron chi connectivity index (χ4n) is 2.02. The lowest BCUT2D eigenvalue weighted by molar-refractivity contribution is -0.266. The molecule has 2 aliphatic rings.